The van der Waals surface area contributed by atoms with Crippen LogP contribution < -0.4 is 10.1 Å². The second kappa shape index (κ2) is 12.6. The van der Waals surface area contributed by atoms with E-state index >= 15 is 0 Å². The molecule has 1 fully saturated rings. The van der Waals surface area contributed by atoms with Crippen LogP contribution in [0.3, 0.4) is 0 Å². The summed E-state index contributed by atoms with van der Waals surface area (Å²) in [6.07, 6.45) is 6.36. The Hall–Kier alpha value is -3.12. The molecule has 1 aliphatic carbocycles. The van der Waals surface area contributed by atoms with Gasteiger partial charge in [0.15, 0.2) is 0 Å². The molecule has 2 aliphatic rings. The fourth-order valence-corrected chi connectivity index (χ4v) is 6.76. The van der Waals surface area contributed by atoms with Gasteiger partial charge in [-0.15, -0.1) is 0 Å². The molecule has 0 amide bonds. The van der Waals surface area contributed by atoms with Crippen LogP contribution in [-0.2, 0) is 46.1 Å². The summed E-state index contributed by atoms with van der Waals surface area (Å²) in [6.45, 7) is 1.46. The second-order valence-electron chi connectivity index (χ2n) is 10.4. The summed E-state index contributed by atoms with van der Waals surface area (Å²) in [5, 5.41) is 3.54. The molecule has 1 aliphatic heterocycles. The van der Waals surface area contributed by atoms with Gasteiger partial charge in [-0.2, -0.15) is 0 Å². The van der Waals surface area contributed by atoms with Crippen LogP contribution in [0, 0.1) is 5.92 Å². The number of methoxy groups -OCH3 is 1. The van der Waals surface area contributed by atoms with E-state index in [0.29, 0.717) is 25.4 Å². The van der Waals surface area contributed by atoms with Gasteiger partial charge in [0.2, 0.25) is 0 Å². The van der Waals surface area contributed by atoms with Gasteiger partial charge >= 0.3 is 5.97 Å². The van der Waals surface area contributed by atoms with Crippen LogP contribution in [0.1, 0.15) is 47.9 Å². The van der Waals surface area contributed by atoms with Gasteiger partial charge in [0.05, 0.1) is 13.7 Å². The Balaban J connectivity index is 1.23. The van der Waals surface area contributed by atoms with Gasteiger partial charge in [-0.25, -0.2) is 0 Å². The monoisotopic (exact) mass is 531 g/mol. The molecule has 0 aromatic heterocycles. The van der Waals surface area contributed by atoms with E-state index in [-0.39, 0.29) is 5.97 Å². The van der Waals surface area contributed by atoms with Crippen LogP contribution in [0.2, 0.25) is 0 Å². The van der Waals surface area contributed by atoms with Gasteiger partial charge in [-0.3, -0.25) is 9.00 Å². The average molecular weight is 532 g/mol. The van der Waals surface area contributed by atoms with Crippen molar-refractivity contribution < 1.29 is 18.5 Å². The quantitative estimate of drug-likeness (QED) is 0.338. The molecule has 0 radical (unpaired) electrons. The third-order valence-electron chi connectivity index (χ3n) is 7.72. The lowest BCUT2D eigenvalue weighted by molar-refractivity contribution is -0.140. The fraction of sp³-hybridized carbons (Fsp3) is 0.406. The predicted octanol–water partition coefficient (Wildman–Crippen LogP) is 6.10. The Morgan fingerprint density at radius 1 is 0.921 bits per heavy atom. The highest BCUT2D eigenvalue weighted by molar-refractivity contribution is 7.85. The van der Waals surface area contributed by atoms with E-state index in [9.17, 15) is 9.00 Å². The Kier molecular flexibility index (Phi) is 8.79. The Morgan fingerprint density at radius 2 is 1.68 bits per heavy atom. The molecule has 0 saturated carbocycles. The highest BCUT2D eigenvalue weighted by Crippen LogP contribution is 2.35. The summed E-state index contributed by atoms with van der Waals surface area (Å²) in [5.74, 6) is 2.91. The van der Waals surface area contributed by atoms with Crippen LogP contribution in [0.15, 0.2) is 60.7 Å². The van der Waals surface area contributed by atoms with E-state index < -0.39 is 10.8 Å². The summed E-state index contributed by atoms with van der Waals surface area (Å²) in [6, 6.07) is 21.7. The second-order valence-corrected chi connectivity index (χ2v) is 12.1. The van der Waals surface area contributed by atoms with Gasteiger partial charge in [0.25, 0.3) is 0 Å². The lowest BCUT2D eigenvalue weighted by Gasteiger charge is -2.22. The molecule has 0 spiro atoms. The molecule has 5 rings (SSSR count). The number of hydrogen-bond donors (Lipinski definition) is 1. The molecule has 3 aromatic carbocycles. The lowest BCUT2D eigenvalue weighted by atomic mass is 9.94. The number of esters is 1. The minimum atomic E-state index is -0.627. The van der Waals surface area contributed by atoms with E-state index in [0.717, 1.165) is 67.2 Å². The molecule has 0 atom stereocenters. The van der Waals surface area contributed by atoms with Gasteiger partial charge in [-0.05, 0) is 108 Å². The number of carbonyl (C=O) groups excluding carboxylic acids is 1. The first-order valence-electron chi connectivity index (χ1n) is 13.7. The Bertz CT molecular complexity index is 1280. The summed E-state index contributed by atoms with van der Waals surface area (Å²) in [7, 11) is 0.797. The van der Waals surface area contributed by atoms with E-state index in [1.165, 1.54) is 34.9 Å². The molecule has 6 heteroatoms. The molecule has 3 aromatic rings. The van der Waals surface area contributed by atoms with Crippen LogP contribution in [0.5, 0.6) is 5.75 Å². The maximum Gasteiger partial charge on any atom is 0.305 e. The third-order valence-corrected chi connectivity index (χ3v) is 9.10. The average Bonchev–Trinajstić information content (AvgIpc) is 3.13. The number of hydrogen-bond acceptors (Lipinski definition) is 5. The molecule has 38 heavy (non-hydrogen) atoms. The summed E-state index contributed by atoms with van der Waals surface area (Å²) < 4.78 is 22.6. The van der Waals surface area contributed by atoms with Crippen molar-refractivity contribution in [2.75, 3.05) is 30.5 Å². The highest BCUT2D eigenvalue weighted by atomic mass is 32.2. The SMILES string of the molecule is COC(=O)CCc1ccc(NCc2ccc3c(c2)-c2ccc(OCC4CCS(=O)CC4)cc2CCC3)cc1. The summed E-state index contributed by atoms with van der Waals surface area (Å²) >= 11 is 0. The van der Waals surface area contributed by atoms with Crippen molar-refractivity contribution in [2.24, 2.45) is 5.92 Å². The normalized spacial score (nSPS) is 18.6. The molecular formula is C32H37NO4S. The smallest absolute Gasteiger partial charge is 0.305 e. The number of carbonyl (C=O) groups is 1. The van der Waals surface area contributed by atoms with Gasteiger partial charge in [0, 0.05) is 41.0 Å². The van der Waals surface area contributed by atoms with Crippen LogP contribution in [0.4, 0.5) is 5.69 Å². The topological polar surface area (TPSA) is 64.6 Å². The first-order chi connectivity index (χ1) is 18.6. The molecule has 1 heterocycles. The number of ether oxygens (including phenoxy) is 2. The molecular weight excluding hydrogens is 494 g/mol. The maximum absolute atomic E-state index is 11.6. The predicted molar refractivity (Wildman–Crippen MR) is 154 cm³/mol. The van der Waals surface area contributed by atoms with Crippen molar-refractivity contribution in [3.63, 3.8) is 0 Å². The largest absolute Gasteiger partial charge is 0.493 e. The highest BCUT2D eigenvalue weighted by Gasteiger charge is 2.19. The van der Waals surface area contributed by atoms with Crippen molar-refractivity contribution >= 4 is 22.5 Å². The van der Waals surface area contributed by atoms with Gasteiger partial charge in [0.1, 0.15) is 5.75 Å². The fourth-order valence-electron chi connectivity index (χ4n) is 5.37. The van der Waals surface area contributed by atoms with Crippen molar-refractivity contribution in [2.45, 2.75) is 51.5 Å². The lowest BCUT2D eigenvalue weighted by Crippen LogP contribution is -2.23. The molecule has 0 unspecified atom stereocenters. The Labute approximate surface area is 228 Å². The molecule has 200 valence electrons. The summed E-state index contributed by atoms with van der Waals surface area (Å²) in [5.41, 5.74) is 8.85. The number of nitrogens with one attached hydrogen (secondary N) is 1. The zero-order valence-electron chi connectivity index (χ0n) is 22.2. The maximum atomic E-state index is 11.6. The van der Waals surface area contributed by atoms with E-state index in [4.69, 9.17) is 9.47 Å². The minimum absolute atomic E-state index is 0.181. The van der Waals surface area contributed by atoms with E-state index in [2.05, 4.69) is 66.0 Å². The van der Waals surface area contributed by atoms with Gasteiger partial charge < -0.3 is 14.8 Å². The Morgan fingerprint density at radius 3 is 2.47 bits per heavy atom. The third kappa shape index (κ3) is 6.84. The van der Waals surface area contributed by atoms with Crippen molar-refractivity contribution in [1.82, 2.24) is 0 Å². The molecule has 5 nitrogen and oxygen atoms in total. The van der Waals surface area contributed by atoms with Crippen molar-refractivity contribution in [3.05, 3.63) is 82.9 Å². The molecule has 0 bridgehead atoms. The number of fused-ring (bicyclic) bond motifs is 3. The number of aryl methyl sites for hydroxylation is 3. The molecule has 1 N–H and O–H groups in total. The first-order valence-corrected chi connectivity index (χ1v) is 15.2. The van der Waals surface area contributed by atoms with Crippen LogP contribution >= 0.6 is 0 Å². The van der Waals surface area contributed by atoms with Crippen LogP contribution in [0.25, 0.3) is 11.1 Å². The first kappa shape index (κ1) is 26.5. The number of benzene rings is 3. The zero-order valence-corrected chi connectivity index (χ0v) is 23.0. The minimum Gasteiger partial charge on any atom is -0.493 e. The summed E-state index contributed by atoms with van der Waals surface area (Å²) in [4.78, 5) is 11.4. The number of rotatable bonds is 9. The van der Waals surface area contributed by atoms with E-state index in [1.807, 2.05) is 0 Å². The van der Waals surface area contributed by atoms with Crippen molar-refractivity contribution in [3.8, 4) is 16.9 Å². The zero-order chi connectivity index (χ0) is 26.3. The van der Waals surface area contributed by atoms with E-state index in [1.54, 1.807) is 0 Å². The standard InChI is InChI=1S/C32H37NO4S/c1-36-32(34)14-8-23-6-10-28(11-7-23)33-21-25-5-9-26-3-2-4-27-20-29(12-13-30(27)31(26)19-25)37-22-24-15-17-38(35)18-16-24/h5-7,9-13,19-20,24,33H,2-4,8,14-18,21-22H2,1H3. The van der Waals surface area contributed by atoms with Crippen molar-refractivity contribution in [1.29, 1.82) is 0 Å². The number of anilines is 1. The van der Waals surface area contributed by atoms with Gasteiger partial charge in [-0.1, -0.05) is 30.3 Å². The molecule has 1 saturated heterocycles. The van der Waals surface area contributed by atoms with Crippen LogP contribution in [-0.4, -0.2) is 35.4 Å².